The van der Waals surface area contributed by atoms with Crippen molar-refractivity contribution in [2.24, 2.45) is 5.41 Å². The van der Waals surface area contributed by atoms with E-state index in [1.807, 2.05) is 6.08 Å². The number of allylic oxidation sites excluding steroid dienone is 2. The van der Waals surface area contributed by atoms with E-state index in [2.05, 4.69) is 6.92 Å². The second-order valence-electron chi connectivity index (χ2n) is 4.05. The van der Waals surface area contributed by atoms with Crippen molar-refractivity contribution in [2.75, 3.05) is 0 Å². The summed E-state index contributed by atoms with van der Waals surface area (Å²) in [4.78, 5) is 11.1. The molecule has 0 bridgehead atoms. The fourth-order valence-corrected chi connectivity index (χ4v) is 2.33. The summed E-state index contributed by atoms with van der Waals surface area (Å²) in [5, 5.41) is 0. The van der Waals surface area contributed by atoms with Crippen molar-refractivity contribution < 1.29 is 4.79 Å². The summed E-state index contributed by atoms with van der Waals surface area (Å²) < 4.78 is 0. The molecular formula is C10H14O. The number of fused-ring (bicyclic) bond motifs is 1. The van der Waals surface area contributed by atoms with Crippen molar-refractivity contribution in [3.05, 3.63) is 11.6 Å². The molecule has 1 fully saturated rings. The number of rotatable bonds is 0. The van der Waals surface area contributed by atoms with E-state index in [1.54, 1.807) is 0 Å². The maximum absolute atomic E-state index is 11.1. The molecule has 1 heteroatoms. The van der Waals surface area contributed by atoms with Gasteiger partial charge in [0.15, 0.2) is 5.78 Å². The number of ketones is 1. The van der Waals surface area contributed by atoms with E-state index < -0.39 is 0 Å². The average molecular weight is 150 g/mol. The molecule has 2 rings (SSSR count). The predicted octanol–water partition coefficient (Wildman–Crippen LogP) is 2.47. The van der Waals surface area contributed by atoms with E-state index >= 15 is 0 Å². The van der Waals surface area contributed by atoms with Crippen LogP contribution in [0.4, 0.5) is 0 Å². The summed E-state index contributed by atoms with van der Waals surface area (Å²) in [5.41, 5.74) is 1.84. The van der Waals surface area contributed by atoms with Crippen LogP contribution in [0.5, 0.6) is 0 Å². The minimum Gasteiger partial charge on any atom is -0.295 e. The summed E-state index contributed by atoms with van der Waals surface area (Å²) >= 11 is 0. The summed E-state index contributed by atoms with van der Waals surface area (Å²) in [6, 6.07) is 0. The third kappa shape index (κ3) is 1.03. The van der Waals surface area contributed by atoms with Gasteiger partial charge in [0.2, 0.25) is 0 Å². The first-order chi connectivity index (χ1) is 5.21. The molecule has 0 aromatic rings. The topological polar surface area (TPSA) is 17.1 Å². The zero-order valence-corrected chi connectivity index (χ0v) is 7.02. The third-order valence-corrected chi connectivity index (χ3v) is 3.21. The minimum atomic E-state index is 0.347. The van der Waals surface area contributed by atoms with Crippen molar-refractivity contribution in [1.29, 1.82) is 0 Å². The monoisotopic (exact) mass is 150 g/mol. The van der Waals surface area contributed by atoms with E-state index in [0.29, 0.717) is 11.2 Å². The standard InChI is InChI=1S/C10H14O/c1-10-5-2-3-8(10)7-9(11)4-6-10/h7H,2-6H2,1H3. The highest BCUT2D eigenvalue weighted by molar-refractivity contribution is 5.91. The Bertz CT molecular complexity index is 227. The predicted molar refractivity (Wildman–Crippen MR) is 44.3 cm³/mol. The number of carbonyl (C=O) groups is 1. The number of hydrogen-bond acceptors (Lipinski definition) is 1. The second-order valence-corrected chi connectivity index (χ2v) is 4.05. The smallest absolute Gasteiger partial charge is 0.155 e. The Labute approximate surface area is 67.5 Å². The first kappa shape index (κ1) is 7.08. The number of hydrogen-bond donors (Lipinski definition) is 0. The van der Waals surface area contributed by atoms with Gasteiger partial charge in [0.1, 0.15) is 0 Å². The average Bonchev–Trinajstić information content (AvgIpc) is 2.31. The second kappa shape index (κ2) is 2.20. The first-order valence-corrected chi connectivity index (χ1v) is 4.45. The zero-order valence-electron chi connectivity index (χ0n) is 7.02. The quantitative estimate of drug-likeness (QED) is 0.518. The summed E-state index contributed by atoms with van der Waals surface area (Å²) in [6.45, 7) is 2.30. The molecule has 0 saturated heterocycles. The van der Waals surface area contributed by atoms with Crippen molar-refractivity contribution in [3.63, 3.8) is 0 Å². The lowest BCUT2D eigenvalue weighted by Crippen LogP contribution is -2.20. The molecule has 60 valence electrons. The molecule has 1 unspecified atom stereocenters. The van der Waals surface area contributed by atoms with Gasteiger partial charge in [0.25, 0.3) is 0 Å². The fraction of sp³-hybridized carbons (Fsp3) is 0.700. The Kier molecular flexibility index (Phi) is 1.41. The molecule has 1 saturated carbocycles. The van der Waals surface area contributed by atoms with Gasteiger partial charge in [0, 0.05) is 6.42 Å². The largest absolute Gasteiger partial charge is 0.295 e. The van der Waals surface area contributed by atoms with E-state index in [4.69, 9.17) is 0 Å². The van der Waals surface area contributed by atoms with Gasteiger partial charge in [-0.25, -0.2) is 0 Å². The van der Waals surface area contributed by atoms with Crippen LogP contribution in [0.15, 0.2) is 11.6 Å². The Balaban J connectivity index is 2.34. The molecule has 0 spiro atoms. The van der Waals surface area contributed by atoms with Crippen LogP contribution in [0.25, 0.3) is 0 Å². The van der Waals surface area contributed by atoms with Crippen molar-refractivity contribution in [3.8, 4) is 0 Å². The highest BCUT2D eigenvalue weighted by Crippen LogP contribution is 2.47. The molecule has 0 radical (unpaired) electrons. The van der Waals surface area contributed by atoms with E-state index in [9.17, 15) is 4.79 Å². The Morgan fingerprint density at radius 1 is 1.36 bits per heavy atom. The molecule has 0 amide bonds. The fourth-order valence-electron chi connectivity index (χ4n) is 2.33. The molecule has 0 aromatic carbocycles. The maximum atomic E-state index is 11.1. The van der Waals surface area contributed by atoms with Crippen molar-refractivity contribution >= 4 is 5.78 Å². The van der Waals surface area contributed by atoms with Crippen LogP contribution in [-0.4, -0.2) is 5.78 Å². The lowest BCUT2D eigenvalue weighted by Gasteiger charge is -2.28. The molecule has 0 N–H and O–H groups in total. The minimum absolute atomic E-state index is 0.347. The number of carbonyl (C=O) groups excluding carboxylic acids is 1. The van der Waals surface area contributed by atoms with E-state index in [-0.39, 0.29) is 0 Å². The van der Waals surface area contributed by atoms with Gasteiger partial charge in [0.05, 0.1) is 0 Å². The molecule has 0 heterocycles. The van der Waals surface area contributed by atoms with Crippen molar-refractivity contribution in [1.82, 2.24) is 0 Å². The molecule has 0 aliphatic heterocycles. The van der Waals surface area contributed by atoms with Gasteiger partial charge in [-0.05, 0) is 37.2 Å². The summed E-state index contributed by atoms with van der Waals surface area (Å²) in [7, 11) is 0. The molecule has 2 aliphatic carbocycles. The summed E-state index contributed by atoms with van der Waals surface area (Å²) in [6.07, 6.45) is 7.53. The molecular weight excluding hydrogens is 136 g/mol. The normalized spacial score (nSPS) is 36.8. The van der Waals surface area contributed by atoms with E-state index in [1.165, 1.54) is 24.8 Å². The highest BCUT2D eigenvalue weighted by Gasteiger charge is 2.36. The van der Waals surface area contributed by atoms with Crippen LogP contribution < -0.4 is 0 Å². The van der Waals surface area contributed by atoms with Gasteiger partial charge < -0.3 is 0 Å². The van der Waals surface area contributed by atoms with Crippen molar-refractivity contribution in [2.45, 2.75) is 39.0 Å². The van der Waals surface area contributed by atoms with Crippen LogP contribution in [-0.2, 0) is 4.79 Å². The van der Waals surface area contributed by atoms with Gasteiger partial charge in [-0.3, -0.25) is 4.79 Å². The Morgan fingerprint density at radius 2 is 2.18 bits per heavy atom. The van der Waals surface area contributed by atoms with E-state index in [0.717, 1.165) is 12.8 Å². The van der Waals surface area contributed by atoms with Gasteiger partial charge in [-0.1, -0.05) is 12.5 Å². The zero-order chi connectivity index (χ0) is 7.90. The molecule has 1 nitrogen and oxygen atoms in total. The lowest BCUT2D eigenvalue weighted by atomic mass is 9.76. The highest BCUT2D eigenvalue weighted by atomic mass is 16.1. The molecule has 1 atom stereocenters. The maximum Gasteiger partial charge on any atom is 0.155 e. The third-order valence-electron chi connectivity index (χ3n) is 3.21. The van der Waals surface area contributed by atoms with Crippen LogP contribution in [0, 0.1) is 5.41 Å². The Hall–Kier alpha value is -0.590. The summed E-state index contributed by atoms with van der Waals surface area (Å²) in [5.74, 6) is 0.347. The van der Waals surface area contributed by atoms with Crippen LogP contribution in [0.1, 0.15) is 39.0 Å². The first-order valence-electron chi connectivity index (χ1n) is 4.45. The van der Waals surface area contributed by atoms with Gasteiger partial charge >= 0.3 is 0 Å². The van der Waals surface area contributed by atoms with Crippen LogP contribution >= 0.6 is 0 Å². The molecule has 11 heavy (non-hydrogen) atoms. The van der Waals surface area contributed by atoms with Gasteiger partial charge in [-0.2, -0.15) is 0 Å². The SMILES string of the molecule is CC12CCCC1=CC(=O)CC2. The lowest BCUT2D eigenvalue weighted by molar-refractivity contribution is -0.115. The Morgan fingerprint density at radius 3 is 3.00 bits per heavy atom. The molecule has 0 aromatic heterocycles. The molecule has 2 aliphatic rings. The van der Waals surface area contributed by atoms with Crippen LogP contribution in [0.3, 0.4) is 0 Å². The van der Waals surface area contributed by atoms with Gasteiger partial charge in [-0.15, -0.1) is 0 Å². The van der Waals surface area contributed by atoms with Crippen LogP contribution in [0.2, 0.25) is 0 Å².